The number of urea groups is 1. The van der Waals surface area contributed by atoms with Gasteiger partial charge in [0.15, 0.2) is 11.6 Å². The van der Waals surface area contributed by atoms with Crippen molar-refractivity contribution >= 4 is 22.8 Å². The van der Waals surface area contributed by atoms with Crippen molar-refractivity contribution in [3.8, 4) is 11.5 Å². The molecule has 8 nitrogen and oxygen atoms in total. The first-order valence-electron chi connectivity index (χ1n) is 12.7. The molecule has 3 aromatic rings. The van der Waals surface area contributed by atoms with Gasteiger partial charge in [-0.1, -0.05) is 26.0 Å². The molecule has 3 N–H and O–H groups in total. The zero-order valence-electron chi connectivity index (χ0n) is 21.6. The predicted molar refractivity (Wildman–Crippen MR) is 138 cm³/mol. The predicted octanol–water partition coefficient (Wildman–Crippen LogP) is 4.33. The largest absolute Gasteiger partial charge is 0.508 e. The normalized spacial score (nSPS) is 21.2. The third-order valence-electron chi connectivity index (χ3n) is 7.42. The molecular formula is C28H33FN4O4. The number of fused-ring (bicyclic) bond motifs is 4. The number of benzene rings is 2. The summed E-state index contributed by atoms with van der Waals surface area (Å²) in [6.45, 7) is 7.84. The molecule has 1 fully saturated rings. The Morgan fingerprint density at radius 3 is 2.76 bits per heavy atom. The van der Waals surface area contributed by atoms with Gasteiger partial charge in [-0.05, 0) is 67.7 Å². The minimum absolute atomic E-state index is 0.0429. The molecule has 0 aliphatic carbocycles. The van der Waals surface area contributed by atoms with Crippen molar-refractivity contribution in [2.45, 2.75) is 45.2 Å². The molecule has 37 heavy (non-hydrogen) atoms. The summed E-state index contributed by atoms with van der Waals surface area (Å²) >= 11 is 0. The van der Waals surface area contributed by atoms with Crippen molar-refractivity contribution in [2.24, 2.45) is 5.92 Å². The topological polar surface area (TPSA) is 97.9 Å². The number of aromatic nitrogens is 1. The number of H-pyrrole nitrogens is 1. The number of amides is 3. The van der Waals surface area contributed by atoms with E-state index in [1.807, 2.05) is 0 Å². The number of rotatable bonds is 8. The lowest BCUT2D eigenvalue weighted by molar-refractivity contribution is -0.133. The van der Waals surface area contributed by atoms with E-state index >= 15 is 4.39 Å². The highest BCUT2D eigenvalue weighted by molar-refractivity contribution is 6.08. The molecule has 196 valence electrons. The molecule has 1 saturated heterocycles. The van der Waals surface area contributed by atoms with Crippen molar-refractivity contribution in [1.82, 2.24) is 20.1 Å². The van der Waals surface area contributed by atoms with Crippen molar-refractivity contribution in [2.75, 3.05) is 26.7 Å². The van der Waals surface area contributed by atoms with Gasteiger partial charge < -0.3 is 20.1 Å². The van der Waals surface area contributed by atoms with Gasteiger partial charge in [0, 0.05) is 29.6 Å². The van der Waals surface area contributed by atoms with Gasteiger partial charge in [-0.3, -0.25) is 14.6 Å². The zero-order valence-corrected chi connectivity index (χ0v) is 21.6. The first-order valence-corrected chi connectivity index (χ1v) is 12.7. The van der Waals surface area contributed by atoms with E-state index in [9.17, 15) is 14.7 Å². The fourth-order valence-electron chi connectivity index (χ4n) is 5.70. The molecule has 9 heteroatoms. The second-order valence-electron chi connectivity index (χ2n) is 10.5. The summed E-state index contributed by atoms with van der Waals surface area (Å²) in [6, 6.07) is 8.84. The Morgan fingerprint density at radius 2 is 2.05 bits per heavy atom. The van der Waals surface area contributed by atoms with Crippen LogP contribution in [0.3, 0.4) is 0 Å². The molecule has 0 unspecified atom stereocenters. The highest BCUT2D eigenvalue weighted by atomic mass is 19.1. The average molecular weight is 509 g/mol. The molecule has 0 spiro atoms. The molecule has 5 rings (SSSR count). The van der Waals surface area contributed by atoms with Crippen LogP contribution in [0.2, 0.25) is 0 Å². The van der Waals surface area contributed by atoms with E-state index in [2.05, 4.69) is 24.1 Å². The Labute approximate surface area is 215 Å². The van der Waals surface area contributed by atoms with Crippen LogP contribution in [0.15, 0.2) is 36.4 Å². The van der Waals surface area contributed by atoms with E-state index in [4.69, 9.17) is 4.74 Å². The second kappa shape index (κ2) is 9.37. The van der Waals surface area contributed by atoms with Gasteiger partial charge in [0.25, 0.3) is 5.91 Å². The lowest BCUT2D eigenvalue weighted by Crippen LogP contribution is -2.53. The SMILES string of the molecule is COc1ccc2[nH]c3c(c2c1F)C[C@@]1(C)C(=O)N(CCCNCC(C)C)C(=O)N1[C@@H]3c1cccc(O)c1. The van der Waals surface area contributed by atoms with Crippen LogP contribution in [0.5, 0.6) is 11.5 Å². The number of nitrogens with one attached hydrogen (secondary N) is 2. The van der Waals surface area contributed by atoms with Crippen LogP contribution in [-0.4, -0.2) is 64.1 Å². The maximum absolute atomic E-state index is 15.5. The van der Waals surface area contributed by atoms with Crippen molar-refractivity contribution in [3.63, 3.8) is 0 Å². The Balaban J connectivity index is 1.59. The molecule has 2 aromatic carbocycles. The standard InChI is InChI=1S/C28H33FN4O4/c1-16(2)15-30-11-6-12-32-26(35)28(3)14-19-22-20(9-10-21(37-4)23(22)29)31-24(19)25(33(28)27(32)36)17-7-5-8-18(34)13-17/h5,7-10,13,16,25,30-31,34H,6,11-12,14-15H2,1-4H3/t25-,28+/m1/s1. The quantitative estimate of drug-likeness (QED) is 0.311. The molecular weight excluding hydrogens is 475 g/mol. The number of carbonyl (C=O) groups excluding carboxylic acids is 2. The van der Waals surface area contributed by atoms with Gasteiger partial charge in [-0.15, -0.1) is 0 Å². The summed E-state index contributed by atoms with van der Waals surface area (Å²) in [5.41, 5.74) is 1.25. The highest BCUT2D eigenvalue weighted by Gasteiger charge is 2.60. The van der Waals surface area contributed by atoms with E-state index in [0.29, 0.717) is 53.2 Å². The molecule has 3 amide bonds. The Morgan fingerprint density at radius 1 is 1.27 bits per heavy atom. The number of aromatic hydroxyl groups is 1. The summed E-state index contributed by atoms with van der Waals surface area (Å²) in [6.07, 6.45) is 0.791. The number of hydrogen-bond acceptors (Lipinski definition) is 5. The number of imide groups is 1. The van der Waals surface area contributed by atoms with E-state index in [0.717, 1.165) is 6.54 Å². The lowest BCUT2D eigenvalue weighted by atomic mass is 9.81. The molecule has 3 heterocycles. The van der Waals surface area contributed by atoms with Gasteiger partial charge in [0.1, 0.15) is 17.3 Å². The maximum atomic E-state index is 15.5. The average Bonchev–Trinajstić information content (AvgIpc) is 3.30. The van der Waals surface area contributed by atoms with Crippen LogP contribution in [0.25, 0.3) is 10.9 Å². The number of nitrogens with zero attached hydrogens (tertiary/aromatic N) is 2. The van der Waals surface area contributed by atoms with Crippen LogP contribution in [0.4, 0.5) is 9.18 Å². The summed E-state index contributed by atoms with van der Waals surface area (Å²) in [7, 11) is 1.41. The van der Waals surface area contributed by atoms with Crippen LogP contribution >= 0.6 is 0 Å². The monoisotopic (exact) mass is 508 g/mol. The number of aromatic amines is 1. The third kappa shape index (κ3) is 4.01. The summed E-state index contributed by atoms with van der Waals surface area (Å²) in [5, 5.41) is 14.0. The van der Waals surface area contributed by atoms with Crippen molar-refractivity contribution in [1.29, 1.82) is 0 Å². The van der Waals surface area contributed by atoms with Crippen molar-refractivity contribution in [3.05, 3.63) is 59.0 Å². The van der Waals surface area contributed by atoms with Gasteiger partial charge in [-0.25, -0.2) is 9.18 Å². The van der Waals surface area contributed by atoms with Crippen LogP contribution < -0.4 is 10.1 Å². The number of phenols is 1. The first-order chi connectivity index (χ1) is 17.7. The van der Waals surface area contributed by atoms with Crippen LogP contribution in [0, 0.1) is 11.7 Å². The minimum atomic E-state index is -1.21. The molecule has 2 atom stereocenters. The van der Waals surface area contributed by atoms with E-state index in [1.54, 1.807) is 48.2 Å². The van der Waals surface area contributed by atoms with Crippen LogP contribution in [0.1, 0.15) is 50.1 Å². The molecule has 0 radical (unpaired) electrons. The van der Waals surface area contributed by atoms with Gasteiger partial charge in [-0.2, -0.15) is 0 Å². The number of methoxy groups -OCH3 is 1. The molecule has 0 saturated carbocycles. The minimum Gasteiger partial charge on any atom is -0.508 e. The number of phenolic OH excluding ortho intramolecular Hbond substituents is 1. The zero-order chi connectivity index (χ0) is 26.5. The Hall–Kier alpha value is -3.59. The number of hydrogen-bond donors (Lipinski definition) is 3. The van der Waals surface area contributed by atoms with Gasteiger partial charge in [0.2, 0.25) is 0 Å². The summed E-state index contributed by atoms with van der Waals surface area (Å²) in [5.74, 6) is -0.140. The number of ether oxygens (including phenoxy) is 1. The molecule has 2 aliphatic rings. The van der Waals surface area contributed by atoms with Crippen LogP contribution in [-0.2, 0) is 11.2 Å². The number of carbonyl (C=O) groups is 2. The first kappa shape index (κ1) is 25.1. The maximum Gasteiger partial charge on any atom is 0.328 e. The lowest BCUT2D eigenvalue weighted by Gasteiger charge is -2.42. The highest BCUT2D eigenvalue weighted by Crippen LogP contribution is 2.49. The Kier molecular flexibility index (Phi) is 6.35. The van der Waals surface area contributed by atoms with Crippen molar-refractivity contribution < 1.29 is 23.8 Å². The molecule has 0 bridgehead atoms. The summed E-state index contributed by atoms with van der Waals surface area (Å²) in [4.78, 5) is 33.9. The van der Waals surface area contributed by atoms with E-state index in [1.165, 1.54) is 12.0 Å². The molecule has 2 aliphatic heterocycles. The second-order valence-corrected chi connectivity index (χ2v) is 10.5. The Bertz CT molecular complexity index is 1370. The smallest absolute Gasteiger partial charge is 0.328 e. The fraction of sp³-hybridized carbons (Fsp3) is 0.429. The van der Waals surface area contributed by atoms with Gasteiger partial charge >= 0.3 is 6.03 Å². The number of halogens is 1. The summed E-state index contributed by atoms with van der Waals surface area (Å²) < 4.78 is 20.8. The third-order valence-corrected chi connectivity index (χ3v) is 7.42. The molecule has 1 aromatic heterocycles. The fourth-order valence-corrected chi connectivity index (χ4v) is 5.70. The van der Waals surface area contributed by atoms with E-state index < -0.39 is 17.4 Å². The van der Waals surface area contributed by atoms with Gasteiger partial charge in [0.05, 0.1) is 7.11 Å². The van der Waals surface area contributed by atoms with E-state index in [-0.39, 0.29) is 29.9 Å².